The lowest BCUT2D eigenvalue weighted by atomic mass is 10.0. The van der Waals surface area contributed by atoms with Gasteiger partial charge in [0.15, 0.2) is 0 Å². The van der Waals surface area contributed by atoms with E-state index in [-0.39, 0.29) is 16.8 Å². The van der Waals surface area contributed by atoms with Crippen LogP contribution in [0.1, 0.15) is 35.5 Å². The second kappa shape index (κ2) is 6.57. The lowest BCUT2D eigenvalue weighted by molar-refractivity contribution is 0.0947. The summed E-state index contributed by atoms with van der Waals surface area (Å²) in [5.41, 5.74) is 1.78. The summed E-state index contributed by atoms with van der Waals surface area (Å²) in [6.45, 7) is 4.20. The summed E-state index contributed by atoms with van der Waals surface area (Å²) >= 11 is 1.15. The first kappa shape index (κ1) is 17.0. The lowest BCUT2D eigenvalue weighted by Gasteiger charge is -2.30. The van der Waals surface area contributed by atoms with Crippen LogP contribution in [0.15, 0.2) is 40.6 Å². The number of rotatable bonds is 4. The molecule has 0 unspecified atom stereocenters. The maximum Gasteiger partial charge on any atom is 0.265 e. The van der Waals surface area contributed by atoms with Gasteiger partial charge < -0.3 is 5.32 Å². The Balaban J connectivity index is 1.93. The van der Waals surface area contributed by atoms with E-state index in [2.05, 4.69) is 5.32 Å². The third-order valence-corrected chi connectivity index (χ3v) is 6.74. The van der Waals surface area contributed by atoms with Crippen LogP contribution < -0.4 is 9.62 Å². The van der Waals surface area contributed by atoms with Gasteiger partial charge in [0, 0.05) is 18.0 Å². The largest absolute Gasteiger partial charge is 0.349 e. The Labute approximate surface area is 146 Å². The van der Waals surface area contributed by atoms with E-state index in [0.717, 1.165) is 35.4 Å². The Bertz CT molecular complexity index is 856. The smallest absolute Gasteiger partial charge is 0.265 e. The number of para-hydroxylation sites is 1. The first-order valence-electron chi connectivity index (χ1n) is 7.89. The summed E-state index contributed by atoms with van der Waals surface area (Å²) in [6.07, 6.45) is 1.68. The third-order valence-electron chi connectivity index (χ3n) is 3.87. The molecule has 1 amide bonds. The molecule has 128 valence electrons. The van der Waals surface area contributed by atoms with Gasteiger partial charge in [-0.2, -0.15) is 0 Å². The molecule has 1 aromatic heterocycles. The molecule has 0 spiro atoms. The summed E-state index contributed by atoms with van der Waals surface area (Å²) in [4.78, 5) is 12.6. The number of thiophene rings is 1. The Morgan fingerprint density at radius 3 is 2.79 bits per heavy atom. The maximum absolute atomic E-state index is 13.0. The highest BCUT2D eigenvalue weighted by atomic mass is 32.2. The topological polar surface area (TPSA) is 66.5 Å². The number of anilines is 1. The molecule has 1 aliphatic rings. The van der Waals surface area contributed by atoms with Crippen molar-refractivity contribution in [3.05, 3.63) is 46.2 Å². The third kappa shape index (κ3) is 3.18. The van der Waals surface area contributed by atoms with Crippen molar-refractivity contribution in [1.29, 1.82) is 0 Å². The molecular formula is C17H20N2O3S2. The quantitative estimate of drug-likeness (QED) is 0.907. The van der Waals surface area contributed by atoms with Crippen molar-refractivity contribution in [2.75, 3.05) is 10.8 Å². The monoisotopic (exact) mass is 364 g/mol. The van der Waals surface area contributed by atoms with Gasteiger partial charge in [-0.05, 0) is 44.4 Å². The van der Waals surface area contributed by atoms with Crippen LogP contribution in [-0.4, -0.2) is 26.9 Å². The Morgan fingerprint density at radius 2 is 2.04 bits per heavy atom. The molecule has 0 fully saturated rings. The molecule has 0 aliphatic carbocycles. The minimum absolute atomic E-state index is 0.00799. The zero-order valence-corrected chi connectivity index (χ0v) is 15.3. The first-order chi connectivity index (χ1) is 11.4. The zero-order valence-electron chi connectivity index (χ0n) is 13.7. The predicted octanol–water partition coefficient (Wildman–Crippen LogP) is 3.03. The van der Waals surface area contributed by atoms with E-state index in [1.165, 1.54) is 10.4 Å². The van der Waals surface area contributed by atoms with Crippen LogP contribution in [0.5, 0.6) is 0 Å². The molecule has 7 heteroatoms. The summed E-state index contributed by atoms with van der Waals surface area (Å²) in [6, 6.07) is 9.05. The van der Waals surface area contributed by atoms with Gasteiger partial charge in [-0.25, -0.2) is 8.42 Å². The maximum atomic E-state index is 13.0. The van der Waals surface area contributed by atoms with E-state index < -0.39 is 10.0 Å². The molecule has 5 nitrogen and oxygen atoms in total. The van der Waals surface area contributed by atoms with Gasteiger partial charge in [-0.1, -0.05) is 18.2 Å². The van der Waals surface area contributed by atoms with Crippen LogP contribution in [-0.2, 0) is 16.4 Å². The average molecular weight is 364 g/mol. The van der Waals surface area contributed by atoms with Gasteiger partial charge in [-0.3, -0.25) is 9.10 Å². The Morgan fingerprint density at radius 1 is 1.29 bits per heavy atom. The molecule has 0 radical (unpaired) electrons. The molecule has 24 heavy (non-hydrogen) atoms. The SMILES string of the molecule is CC(C)NC(=O)c1cc(S(=O)(=O)N2CCCc3ccccc32)cs1. The highest BCUT2D eigenvalue weighted by Gasteiger charge is 2.30. The summed E-state index contributed by atoms with van der Waals surface area (Å²) < 4.78 is 27.5. The number of nitrogens with one attached hydrogen (secondary N) is 1. The van der Waals surface area contributed by atoms with E-state index in [1.807, 2.05) is 38.1 Å². The summed E-state index contributed by atoms with van der Waals surface area (Å²) in [5.74, 6) is -0.240. The first-order valence-corrected chi connectivity index (χ1v) is 10.2. The second-order valence-corrected chi connectivity index (χ2v) is 8.86. The second-order valence-electron chi connectivity index (χ2n) is 6.08. The van der Waals surface area contributed by atoms with Crippen molar-refractivity contribution in [2.45, 2.75) is 37.6 Å². The number of hydrogen-bond acceptors (Lipinski definition) is 4. The normalized spacial score (nSPS) is 14.5. The number of carbonyl (C=O) groups is 1. The molecular weight excluding hydrogens is 344 g/mol. The molecule has 1 aliphatic heterocycles. The molecule has 1 N–H and O–H groups in total. The zero-order chi connectivity index (χ0) is 17.3. The van der Waals surface area contributed by atoms with Gasteiger partial charge in [0.2, 0.25) is 0 Å². The Hall–Kier alpha value is -1.86. The predicted molar refractivity (Wildman–Crippen MR) is 96.2 cm³/mol. The number of amides is 1. The van der Waals surface area contributed by atoms with Crippen molar-refractivity contribution >= 4 is 33.0 Å². The van der Waals surface area contributed by atoms with E-state index in [9.17, 15) is 13.2 Å². The van der Waals surface area contributed by atoms with Crippen LogP contribution in [0.2, 0.25) is 0 Å². The molecule has 0 atom stereocenters. The number of sulfonamides is 1. The van der Waals surface area contributed by atoms with Crippen molar-refractivity contribution in [3.8, 4) is 0 Å². The van der Waals surface area contributed by atoms with Gasteiger partial charge >= 0.3 is 0 Å². The fourth-order valence-corrected chi connectivity index (χ4v) is 5.49. The summed E-state index contributed by atoms with van der Waals surface area (Å²) in [5, 5.41) is 4.33. The molecule has 1 aromatic carbocycles. The van der Waals surface area contributed by atoms with E-state index >= 15 is 0 Å². The number of hydrogen-bond donors (Lipinski definition) is 1. The van der Waals surface area contributed by atoms with Gasteiger partial charge in [0.25, 0.3) is 15.9 Å². The van der Waals surface area contributed by atoms with Crippen LogP contribution in [0, 0.1) is 0 Å². The molecule has 0 saturated heterocycles. The van der Waals surface area contributed by atoms with E-state index in [4.69, 9.17) is 0 Å². The van der Waals surface area contributed by atoms with Gasteiger partial charge in [0.1, 0.15) is 0 Å². The number of nitrogens with zero attached hydrogens (tertiary/aromatic N) is 1. The Kier molecular flexibility index (Phi) is 4.64. The highest BCUT2D eigenvalue weighted by Crippen LogP contribution is 2.33. The van der Waals surface area contributed by atoms with E-state index in [1.54, 1.807) is 5.38 Å². The van der Waals surface area contributed by atoms with Crippen LogP contribution in [0.25, 0.3) is 0 Å². The summed E-state index contributed by atoms with van der Waals surface area (Å²) in [7, 11) is -3.65. The standard InChI is InChI=1S/C17H20N2O3S2/c1-12(2)18-17(20)16-10-14(11-23-16)24(21,22)19-9-5-7-13-6-3-4-8-15(13)19/h3-4,6,8,10-12H,5,7,9H2,1-2H3,(H,18,20). The van der Waals surface area contributed by atoms with Crippen LogP contribution in [0.3, 0.4) is 0 Å². The molecule has 0 saturated carbocycles. The number of carbonyl (C=O) groups excluding carboxylic acids is 1. The highest BCUT2D eigenvalue weighted by molar-refractivity contribution is 7.93. The van der Waals surface area contributed by atoms with Crippen molar-refractivity contribution < 1.29 is 13.2 Å². The van der Waals surface area contributed by atoms with Gasteiger partial charge in [0.05, 0.1) is 15.5 Å². The molecule has 3 rings (SSSR count). The average Bonchev–Trinajstić information content (AvgIpc) is 3.04. The van der Waals surface area contributed by atoms with Crippen molar-refractivity contribution in [1.82, 2.24) is 5.32 Å². The van der Waals surface area contributed by atoms with Crippen LogP contribution in [0.4, 0.5) is 5.69 Å². The lowest BCUT2D eigenvalue weighted by Crippen LogP contribution is -2.35. The number of benzene rings is 1. The molecule has 0 bridgehead atoms. The van der Waals surface area contributed by atoms with Crippen LogP contribution >= 0.6 is 11.3 Å². The molecule has 2 aromatic rings. The van der Waals surface area contributed by atoms with E-state index in [0.29, 0.717) is 11.4 Å². The fraction of sp³-hybridized carbons (Fsp3) is 0.353. The number of fused-ring (bicyclic) bond motifs is 1. The fourth-order valence-electron chi connectivity index (χ4n) is 2.78. The molecule has 2 heterocycles. The van der Waals surface area contributed by atoms with Crippen molar-refractivity contribution in [3.63, 3.8) is 0 Å². The number of aryl methyl sites for hydroxylation is 1. The minimum Gasteiger partial charge on any atom is -0.349 e. The minimum atomic E-state index is -3.65. The van der Waals surface area contributed by atoms with Gasteiger partial charge in [-0.15, -0.1) is 11.3 Å². The van der Waals surface area contributed by atoms with Crippen molar-refractivity contribution in [2.24, 2.45) is 0 Å².